The Morgan fingerprint density at radius 1 is 0.862 bits per heavy atom. The molecule has 0 bridgehead atoms. The van der Waals surface area contributed by atoms with E-state index in [1.165, 1.54) is 31.2 Å². The van der Waals surface area contributed by atoms with Crippen LogP contribution in [0.1, 0.15) is 6.92 Å². The van der Waals surface area contributed by atoms with E-state index in [1.807, 2.05) is 6.07 Å². The largest absolute Gasteiger partial charge is 0.354 e. The Hall–Kier alpha value is -3.65. The van der Waals surface area contributed by atoms with Crippen LogP contribution in [0.5, 0.6) is 0 Å². The molecule has 7 nitrogen and oxygen atoms in total. The molecule has 0 aliphatic heterocycles. The van der Waals surface area contributed by atoms with Crippen molar-refractivity contribution < 1.29 is 13.2 Å². The first kappa shape index (κ1) is 18.7. The van der Waals surface area contributed by atoms with Crippen LogP contribution in [0.2, 0.25) is 0 Å². The van der Waals surface area contributed by atoms with Crippen molar-refractivity contribution in [2.45, 2.75) is 11.8 Å². The van der Waals surface area contributed by atoms with E-state index >= 15 is 0 Å². The Bertz CT molecular complexity index is 1410. The van der Waals surface area contributed by atoms with Gasteiger partial charge in [-0.05, 0) is 54.6 Å². The second kappa shape index (κ2) is 7.06. The second-order valence-electron chi connectivity index (χ2n) is 6.57. The van der Waals surface area contributed by atoms with E-state index in [-0.39, 0.29) is 16.2 Å². The molecule has 4 aromatic rings. The van der Waals surface area contributed by atoms with E-state index < -0.39 is 10.0 Å². The number of para-hydroxylation sites is 1. The monoisotopic (exact) mass is 407 g/mol. The number of nitrogens with one attached hydrogen (secondary N) is 3. The molecule has 8 heteroatoms. The van der Waals surface area contributed by atoms with Gasteiger partial charge in [0.15, 0.2) is 5.43 Å². The maximum absolute atomic E-state index is 12.7. The number of aromatic nitrogens is 1. The highest BCUT2D eigenvalue weighted by molar-refractivity contribution is 7.92. The maximum Gasteiger partial charge on any atom is 0.261 e. The van der Waals surface area contributed by atoms with Crippen LogP contribution in [0.4, 0.5) is 11.4 Å². The lowest BCUT2D eigenvalue weighted by Crippen LogP contribution is -2.13. The number of amides is 1. The molecule has 1 heterocycles. The lowest BCUT2D eigenvalue weighted by molar-refractivity contribution is -0.114. The van der Waals surface area contributed by atoms with Gasteiger partial charge in [0.2, 0.25) is 5.91 Å². The lowest BCUT2D eigenvalue weighted by atomic mass is 10.1. The van der Waals surface area contributed by atoms with Crippen molar-refractivity contribution in [2.75, 3.05) is 10.0 Å². The van der Waals surface area contributed by atoms with Crippen LogP contribution in [0, 0.1) is 0 Å². The van der Waals surface area contributed by atoms with Gasteiger partial charge in [0, 0.05) is 28.9 Å². The molecule has 146 valence electrons. The smallest absolute Gasteiger partial charge is 0.261 e. The molecule has 29 heavy (non-hydrogen) atoms. The minimum atomic E-state index is -3.83. The first-order valence-corrected chi connectivity index (χ1v) is 10.3. The van der Waals surface area contributed by atoms with Crippen LogP contribution in [0.25, 0.3) is 21.8 Å². The highest BCUT2D eigenvalue weighted by Crippen LogP contribution is 2.22. The van der Waals surface area contributed by atoms with E-state index in [9.17, 15) is 18.0 Å². The number of fused-ring (bicyclic) bond motifs is 2. The summed E-state index contributed by atoms with van der Waals surface area (Å²) < 4.78 is 27.9. The van der Waals surface area contributed by atoms with E-state index in [0.717, 1.165) is 0 Å². The number of carbonyl (C=O) groups is 1. The number of H-pyrrole nitrogens is 1. The summed E-state index contributed by atoms with van der Waals surface area (Å²) in [6.45, 7) is 1.37. The summed E-state index contributed by atoms with van der Waals surface area (Å²) >= 11 is 0. The lowest BCUT2D eigenvalue weighted by Gasteiger charge is -2.10. The van der Waals surface area contributed by atoms with Crippen molar-refractivity contribution in [3.8, 4) is 0 Å². The SMILES string of the molecule is CC(=O)Nc1ccc(S(=O)(=O)Nc2ccc3c(=O)c4ccccc4[nH]c3c2)cc1. The Morgan fingerprint density at radius 3 is 2.24 bits per heavy atom. The van der Waals surface area contributed by atoms with Gasteiger partial charge in [0.25, 0.3) is 10.0 Å². The standard InChI is InChI=1S/C21H17N3O4S/c1-13(25)22-14-6-9-16(10-7-14)29(27,28)24-15-8-11-18-20(12-15)23-19-5-3-2-4-17(19)21(18)26/h2-12,24H,1H3,(H,22,25)(H,23,26). The first-order chi connectivity index (χ1) is 13.8. The van der Waals surface area contributed by atoms with Crippen molar-refractivity contribution in [3.05, 3.63) is 77.0 Å². The number of hydrogen-bond donors (Lipinski definition) is 3. The fourth-order valence-corrected chi connectivity index (χ4v) is 4.17. The molecular formula is C21H17N3O4S. The molecule has 0 saturated heterocycles. The van der Waals surface area contributed by atoms with Crippen molar-refractivity contribution in [3.63, 3.8) is 0 Å². The summed E-state index contributed by atoms with van der Waals surface area (Å²) in [4.78, 5) is 26.9. The van der Waals surface area contributed by atoms with Crippen LogP contribution in [0.15, 0.2) is 76.4 Å². The van der Waals surface area contributed by atoms with Crippen LogP contribution < -0.4 is 15.5 Å². The molecule has 0 spiro atoms. The number of sulfonamides is 1. The highest BCUT2D eigenvalue weighted by atomic mass is 32.2. The molecule has 0 atom stereocenters. The Kier molecular flexibility index (Phi) is 4.56. The van der Waals surface area contributed by atoms with Gasteiger partial charge in [0.1, 0.15) is 0 Å². The van der Waals surface area contributed by atoms with Gasteiger partial charge < -0.3 is 10.3 Å². The molecule has 0 fully saturated rings. The quantitative estimate of drug-likeness (QED) is 0.450. The van der Waals surface area contributed by atoms with Crippen molar-refractivity contribution >= 4 is 49.1 Å². The molecule has 0 unspecified atom stereocenters. The third kappa shape index (κ3) is 3.70. The second-order valence-corrected chi connectivity index (χ2v) is 8.25. The summed E-state index contributed by atoms with van der Waals surface area (Å²) in [6.07, 6.45) is 0. The minimum absolute atomic E-state index is 0.0544. The van der Waals surface area contributed by atoms with Gasteiger partial charge in [0.05, 0.1) is 16.1 Å². The van der Waals surface area contributed by atoms with Gasteiger partial charge >= 0.3 is 0 Å². The fraction of sp³-hybridized carbons (Fsp3) is 0.0476. The first-order valence-electron chi connectivity index (χ1n) is 8.79. The summed E-state index contributed by atoms with van der Waals surface area (Å²) in [7, 11) is -3.83. The van der Waals surface area contributed by atoms with Crippen LogP contribution in [-0.4, -0.2) is 19.3 Å². The Balaban J connectivity index is 1.68. The average Bonchev–Trinajstić information content (AvgIpc) is 2.68. The van der Waals surface area contributed by atoms with E-state index in [1.54, 1.807) is 36.4 Å². The van der Waals surface area contributed by atoms with Crippen LogP contribution >= 0.6 is 0 Å². The topological polar surface area (TPSA) is 108 Å². The molecule has 0 aliphatic rings. The average molecular weight is 407 g/mol. The molecule has 1 amide bonds. The molecule has 0 saturated carbocycles. The fourth-order valence-electron chi connectivity index (χ4n) is 3.12. The number of benzene rings is 3. The normalized spacial score (nSPS) is 11.5. The van der Waals surface area contributed by atoms with Crippen LogP contribution in [-0.2, 0) is 14.8 Å². The zero-order chi connectivity index (χ0) is 20.6. The Labute approximate surface area is 166 Å². The molecule has 4 rings (SSSR count). The molecular weight excluding hydrogens is 390 g/mol. The molecule has 3 N–H and O–H groups in total. The summed E-state index contributed by atoms with van der Waals surface area (Å²) in [5.41, 5.74) is 1.94. The maximum atomic E-state index is 12.7. The van der Waals surface area contributed by atoms with Gasteiger partial charge in [-0.15, -0.1) is 0 Å². The predicted octanol–water partition coefficient (Wildman–Crippen LogP) is 3.44. The Morgan fingerprint density at radius 2 is 1.52 bits per heavy atom. The predicted molar refractivity (Wildman–Crippen MR) is 114 cm³/mol. The number of aromatic amines is 1. The summed E-state index contributed by atoms with van der Waals surface area (Å²) in [5, 5.41) is 3.64. The number of carbonyl (C=O) groups excluding carboxylic acids is 1. The molecule has 1 aromatic heterocycles. The number of pyridine rings is 1. The zero-order valence-electron chi connectivity index (χ0n) is 15.4. The van der Waals surface area contributed by atoms with Crippen LogP contribution in [0.3, 0.4) is 0 Å². The molecule has 0 radical (unpaired) electrons. The van der Waals surface area contributed by atoms with Gasteiger partial charge in [-0.25, -0.2) is 8.42 Å². The zero-order valence-corrected chi connectivity index (χ0v) is 16.2. The van der Waals surface area contributed by atoms with Gasteiger partial charge in [-0.2, -0.15) is 0 Å². The van der Waals surface area contributed by atoms with Crippen molar-refractivity contribution in [2.24, 2.45) is 0 Å². The third-order valence-electron chi connectivity index (χ3n) is 4.44. The van der Waals surface area contributed by atoms with Gasteiger partial charge in [-0.3, -0.25) is 14.3 Å². The van der Waals surface area contributed by atoms with E-state index in [0.29, 0.717) is 33.2 Å². The van der Waals surface area contributed by atoms with Crippen molar-refractivity contribution in [1.82, 2.24) is 4.98 Å². The summed E-state index contributed by atoms with van der Waals surface area (Å²) in [5.74, 6) is -0.239. The van der Waals surface area contributed by atoms with E-state index in [2.05, 4.69) is 15.0 Å². The summed E-state index contributed by atoms with van der Waals surface area (Å²) in [6, 6.07) is 17.7. The van der Waals surface area contributed by atoms with Gasteiger partial charge in [-0.1, -0.05) is 12.1 Å². The molecule has 3 aromatic carbocycles. The molecule has 0 aliphatic carbocycles. The van der Waals surface area contributed by atoms with E-state index in [4.69, 9.17) is 0 Å². The number of anilines is 2. The third-order valence-corrected chi connectivity index (χ3v) is 5.84. The number of rotatable bonds is 4. The minimum Gasteiger partial charge on any atom is -0.354 e. The number of hydrogen-bond acceptors (Lipinski definition) is 4. The van der Waals surface area contributed by atoms with Crippen molar-refractivity contribution in [1.29, 1.82) is 0 Å². The highest BCUT2D eigenvalue weighted by Gasteiger charge is 2.15.